The zero-order valence-electron chi connectivity index (χ0n) is 16.1. The first-order chi connectivity index (χ1) is 13.4. The van der Waals surface area contributed by atoms with E-state index >= 15 is 0 Å². The van der Waals surface area contributed by atoms with Crippen LogP contribution in [0, 0.1) is 0 Å². The summed E-state index contributed by atoms with van der Waals surface area (Å²) in [5.41, 5.74) is 0.833. The zero-order chi connectivity index (χ0) is 20.7. The molecule has 0 saturated carbocycles. The Bertz CT molecular complexity index is 850. The van der Waals surface area contributed by atoms with Crippen molar-refractivity contribution in [2.75, 3.05) is 28.4 Å². The van der Waals surface area contributed by atoms with E-state index in [-0.39, 0.29) is 6.42 Å². The number of nitrogens with one attached hydrogen (secondary N) is 1. The molecule has 8 heteroatoms. The molecule has 0 radical (unpaired) electrons. The Kier molecular flexibility index (Phi) is 7.08. The van der Waals surface area contributed by atoms with Crippen molar-refractivity contribution < 1.29 is 33.6 Å². The van der Waals surface area contributed by atoms with Crippen LogP contribution < -0.4 is 24.3 Å². The highest BCUT2D eigenvalue weighted by Gasteiger charge is 2.23. The molecule has 28 heavy (non-hydrogen) atoms. The minimum atomic E-state index is -1.06. The molecule has 2 aromatic rings. The Morgan fingerprint density at radius 1 is 0.893 bits per heavy atom. The van der Waals surface area contributed by atoms with E-state index in [1.807, 2.05) is 0 Å². The van der Waals surface area contributed by atoms with Gasteiger partial charge in [-0.05, 0) is 30.3 Å². The molecule has 0 aromatic heterocycles. The van der Waals surface area contributed by atoms with Gasteiger partial charge in [0.15, 0.2) is 11.5 Å². The Labute approximate surface area is 163 Å². The van der Waals surface area contributed by atoms with Crippen LogP contribution in [0.2, 0.25) is 0 Å². The lowest BCUT2D eigenvalue weighted by molar-refractivity contribution is -0.137. The van der Waals surface area contributed by atoms with Gasteiger partial charge in [-0.15, -0.1) is 0 Å². The average molecular weight is 389 g/mol. The van der Waals surface area contributed by atoms with Gasteiger partial charge < -0.3 is 29.4 Å². The number of carbonyl (C=O) groups is 2. The van der Waals surface area contributed by atoms with Crippen LogP contribution >= 0.6 is 0 Å². The van der Waals surface area contributed by atoms with Gasteiger partial charge in [-0.1, -0.05) is 0 Å². The van der Waals surface area contributed by atoms with E-state index in [0.29, 0.717) is 34.1 Å². The van der Waals surface area contributed by atoms with Gasteiger partial charge in [-0.2, -0.15) is 0 Å². The summed E-state index contributed by atoms with van der Waals surface area (Å²) < 4.78 is 20.9. The van der Waals surface area contributed by atoms with Gasteiger partial charge >= 0.3 is 5.97 Å². The summed E-state index contributed by atoms with van der Waals surface area (Å²) in [6.45, 7) is 0. The first kappa shape index (κ1) is 20.9. The molecule has 2 rings (SSSR count). The van der Waals surface area contributed by atoms with Crippen molar-refractivity contribution in [3.8, 4) is 23.0 Å². The largest absolute Gasteiger partial charge is 0.497 e. The summed E-state index contributed by atoms with van der Waals surface area (Å²) >= 11 is 0. The quantitative estimate of drug-likeness (QED) is 0.679. The summed E-state index contributed by atoms with van der Waals surface area (Å²) in [5.74, 6) is 0.338. The van der Waals surface area contributed by atoms with E-state index in [4.69, 9.17) is 18.9 Å². The molecule has 8 nitrogen and oxygen atoms in total. The third-order valence-electron chi connectivity index (χ3n) is 4.15. The second-order valence-electron chi connectivity index (χ2n) is 5.80. The molecule has 0 aliphatic rings. The standard InChI is InChI=1S/C20H23NO7/c1-25-13-6-7-14(17(10-13)27-3)15(11-19(22)23)21-20(24)12-5-8-16(26-2)18(9-12)28-4/h5-10,15H,11H2,1-4H3,(H,21,24)(H,22,23). The first-order valence-corrected chi connectivity index (χ1v) is 8.40. The number of rotatable bonds is 9. The molecule has 0 bridgehead atoms. The van der Waals surface area contributed by atoms with Crippen molar-refractivity contribution in [2.24, 2.45) is 0 Å². The van der Waals surface area contributed by atoms with Crippen molar-refractivity contribution in [2.45, 2.75) is 12.5 Å². The van der Waals surface area contributed by atoms with Crippen LogP contribution in [0.4, 0.5) is 0 Å². The van der Waals surface area contributed by atoms with Crippen molar-refractivity contribution in [3.05, 3.63) is 47.5 Å². The number of carboxylic acid groups (broad SMARTS) is 1. The predicted octanol–water partition coefficient (Wildman–Crippen LogP) is 2.67. The molecule has 150 valence electrons. The van der Waals surface area contributed by atoms with Gasteiger partial charge in [0.1, 0.15) is 11.5 Å². The number of ether oxygens (including phenoxy) is 4. The molecule has 0 saturated heterocycles. The van der Waals surface area contributed by atoms with Gasteiger partial charge in [-0.25, -0.2) is 0 Å². The van der Waals surface area contributed by atoms with Crippen LogP contribution in [0.3, 0.4) is 0 Å². The van der Waals surface area contributed by atoms with Crippen LogP contribution in [-0.2, 0) is 4.79 Å². The van der Waals surface area contributed by atoms with E-state index < -0.39 is 17.9 Å². The maximum Gasteiger partial charge on any atom is 0.305 e. The summed E-state index contributed by atoms with van der Waals surface area (Å²) in [6, 6.07) is 8.87. The van der Waals surface area contributed by atoms with E-state index in [2.05, 4.69) is 5.32 Å². The molecular formula is C20H23NO7. The molecular weight excluding hydrogens is 366 g/mol. The summed E-state index contributed by atoms with van der Waals surface area (Å²) in [7, 11) is 5.94. The van der Waals surface area contributed by atoms with Gasteiger partial charge in [0.05, 0.1) is 40.9 Å². The van der Waals surface area contributed by atoms with Crippen LogP contribution in [0.25, 0.3) is 0 Å². The lowest BCUT2D eigenvalue weighted by Gasteiger charge is -2.21. The fourth-order valence-electron chi connectivity index (χ4n) is 2.74. The van der Waals surface area contributed by atoms with E-state index in [9.17, 15) is 14.7 Å². The van der Waals surface area contributed by atoms with E-state index in [0.717, 1.165) is 0 Å². The highest BCUT2D eigenvalue weighted by molar-refractivity contribution is 5.95. The smallest absolute Gasteiger partial charge is 0.305 e. The third-order valence-corrected chi connectivity index (χ3v) is 4.15. The molecule has 2 aromatic carbocycles. The van der Waals surface area contributed by atoms with Crippen LogP contribution in [-0.4, -0.2) is 45.4 Å². The number of amides is 1. The highest BCUT2D eigenvalue weighted by Crippen LogP contribution is 2.32. The van der Waals surface area contributed by atoms with Crippen molar-refractivity contribution in [1.82, 2.24) is 5.32 Å². The summed E-state index contributed by atoms with van der Waals surface area (Å²) in [5, 5.41) is 12.0. The molecule has 0 fully saturated rings. The Hall–Kier alpha value is -3.42. The minimum absolute atomic E-state index is 0.306. The van der Waals surface area contributed by atoms with Crippen LogP contribution in [0.1, 0.15) is 28.4 Å². The van der Waals surface area contributed by atoms with Crippen molar-refractivity contribution in [3.63, 3.8) is 0 Å². The SMILES string of the molecule is COc1ccc(C(CC(=O)O)NC(=O)c2ccc(OC)c(OC)c2)c(OC)c1. The van der Waals surface area contributed by atoms with E-state index in [1.54, 1.807) is 30.3 Å². The number of carboxylic acids is 1. The number of methoxy groups -OCH3 is 4. The number of carbonyl (C=O) groups excluding carboxylic acids is 1. The monoisotopic (exact) mass is 389 g/mol. The van der Waals surface area contributed by atoms with Gasteiger partial charge in [0, 0.05) is 17.2 Å². The van der Waals surface area contributed by atoms with E-state index in [1.165, 1.54) is 34.5 Å². The van der Waals surface area contributed by atoms with Gasteiger partial charge in [0.2, 0.25) is 0 Å². The van der Waals surface area contributed by atoms with Crippen molar-refractivity contribution >= 4 is 11.9 Å². The molecule has 0 aliphatic heterocycles. The fourth-order valence-corrected chi connectivity index (χ4v) is 2.74. The average Bonchev–Trinajstić information content (AvgIpc) is 2.71. The molecule has 1 unspecified atom stereocenters. The highest BCUT2D eigenvalue weighted by atomic mass is 16.5. The summed E-state index contributed by atoms with van der Waals surface area (Å²) in [4.78, 5) is 24.1. The number of hydrogen-bond donors (Lipinski definition) is 2. The lowest BCUT2D eigenvalue weighted by Crippen LogP contribution is -2.30. The maximum atomic E-state index is 12.7. The number of hydrogen-bond acceptors (Lipinski definition) is 6. The molecule has 0 aliphatic carbocycles. The normalized spacial score (nSPS) is 11.3. The minimum Gasteiger partial charge on any atom is -0.497 e. The second kappa shape index (κ2) is 9.50. The van der Waals surface area contributed by atoms with Gasteiger partial charge in [0.25, 0.3) is 5.91 Å². The fraction of sp³-hybridized carbons (Fsp3) is 0.300. The Balaban J connectivity index is 2.35. The molecule has 1 atom stereocenters. The number of benzene rings is 2. The van der Waals surface area contributed by atoms with Crippen LogP contribution in [0.5, 0.6) is 23.0 Å². The topological polar surface area (TPSA) is 103 Å². The Morgan fingerprint density at radius 2 is 1.57 bits per heavy atom. The third kappa shape index (κ3) is 4.85. The van der Waals surface area contributed by atoms with Crippen molar-refractivity contribution in [1.29, 1.82) is 0 Å². The number of aliphatic carboxylic acids is 1. The molecule has 0 spiro atoms. The van der Waals surface area contributed by atoms with Crippen LogP contribution in [0.15, 0.2) is 36.4 Å². The second-order valence-corrected chi connectivity index (χ2v) is 5.80. The Morgan fingerprint density at radius 3 is 2.14 bits per heavy atom. The molecule has 2 N–H and O–H groups in total. The van der Waals surface area contributed by atoms with Gasteiger partial charge in [-0.3, -0.25) is 9.59 Å². The zero-order valence-corrected chi connectivity index (χ0v) is 16.1. The lowest BCUT2D eigenvalue weighted by atomic mass is 10.0. The molecule has 0 heterocycles. The molecule has 1 amide bonds. The maximum absolute atomic E-state index is 12.7. The summed E-state index contributed by atoms with van der Waals surface area (Å²) in [6.07, 6.45) is -0.318. The predicted molar refractivity (Wildman–Crippen MR) is 102 cm³/mol. The first-order valence-electron chi connectivity index (χ1n) is 8.40.